The van der Waals surface area contributed by atoms with Gasteiger partial charge >= 0.3 is 0 Å². The van der Waals surface area contributed by atoms with E-state index >= 15 is 0 Å². The molecular formula is C9H14N2O2. The fourth-order valence-electron chi connectivity index (χ4n) is 0.892. The Hall–Kier alpha value is -1.32. The Kier molecular flexibility index (Phi) is 3.06. The Morgan fingerprint density at radius 3 is 2.62 bits per heavy atom. The first-order valence-corrected chi connectivity index (χ1v) is 4.37. The molecule has 0 bridgehead atoms. The predicted molar refractivity (Wildman–Crippen MR) is 49.0 cm³/mol. The molecule has 13 heavy (non-hydrogen) atoms. The van der Waals surface area contributed by atoms with Crippen LogP contribution in [0, 0.1) is 0 Å². The van der Waals surface area contributed by atoms with Crippen LogP contribution in [-0.2, 0) is 9.59 Å². The minimum atomic E-state index is -0.480. The first-order chi connectivity index (χ1) is 6.13. The molecule has 1 rings (SSSR count). The predicted octanol–water partition coefficient (Wildman–Crippen LogP) is -0.0443. The van der Waals surface area contributed by atoms with Gasteiger partial charge in [0.2, 0.25) is 11.8 Å². The van der Waals surface area contributed by atoms with Gasteiger partial charge in [-0.15, -0.1) is 0 Å². The van der Waals surface area contributed by atoms with E-state index in [0.717, 1.165) is 18.9 Å². The zero-order valence-corrected chi connectivity index (χ0v) is 7.67. The van der Waals surface area contributed by atoms with Crippen molar-refractivity contribution < 1.29 is 9.59 Å². The topological polar surface area (TPSA) is 58.2 Å². The summed E-state index contributed by atoms with van der Waals surface area (Å²) in [6.07, 6.45) is 3.25. The molecule has 0 spiro atoms. The van der Waals surface area contributed by atoms with Crippen LogP contribution in [0.25, 0.3) is 0 Å². The van der Waals surface area contributed by atoms with Crippen LogP contribution in [0.5, 0.6) is 0 Å². The second kappa shape index (κ2) is 4.07. The summed E-state index contributed by atoms with van der Waals surface area (Å²) in [6, 6.07) is -0.151. The highest BCUT2D eigenvalue weighted by atomic mass is 16.2. The Balaban J connectivity index is 2.27. The first-order valence-electron chi connectivity index (χ1n) is 4.37. The molecule has 0 aromatic rings. The van der Waals surface area contributed by atoms with Crippen molar-refractivity contribution in [1.29, 1.82) is 0 Å². The van der Waals surface area contributed by atoms with Crippen LogP contribution in [0.2, 0.25) is 0 Å². The van der Waals surface area contributed by atoms with E-state index in [4.69, 9.17) is 0 Å². The minimum Gasteiger partial charge on any atom is -0.352 e. The standard InChI is InChI=1S/C9H14N2O2/c1-3-8(12)10-6(2)9(13)11-7-4-5-7/h3,6-7H,1,4-5H2,2H3,(H,10,12)(H,11,13). The number of carbonyl (C=O) groups excluding carboxylic acids is 2. The molecule has 4 heteroatoms. The molecule has 4 nitrogen and oxygen atoms in total. The van der Waals surface area contributed by atoms with E-state index in [1.165, 1.54) is 0 Å². The smallest absolute Gasteiger partial charge is 0.244 e. The second-order valence-electron chi connectivity index (χ2n) is 3.22. The second-order valence-corrected chi connectivity index (χ2v) is 3.22. The number of carbonyl (C=O) groups is 2. The van der Waals surface area contributed by atoms with Gasteiger partial charge in [-0.2, -0.15) is 0 Å². The van der Waals surface area contributed by atoms with Gasteiger partial charge in [-0.3, -0.25) is 9.59 Å². The number of hydrogen-bond donors (Lipinski definition) is 2. The van der Waals surface area contributed by atoms with Crippen molar-refractivity contribution >= 4 is 11.8 Å². The highest BCUT2D eigenvalue weighted by Gasteiger charge is 2.25. The van der Waals surface area contributed by atoms with Gasteiger partial charge in [0, 0.05) is 6.04 Å². The summed E-state index contributed by atoms with van der Waals surface area (Å²) >= 11 is 0. The van der Waals surface area contributed by atoms with E-state index in [0.29, 0.717) is 6.04 Å². The van der Waals surface area contributed by atoms with Gasteiger partial charge in [0.1, 0.15) is 6.04 Å². The molecule has 1 fully saturated rings. The Morgan fingerprint density at radius 1 is 1.54 bits per heavy atom. The van der Waals surface area contributed by atoms with Crippen molar-refractivity contribution in [1.82, 2.24) is 10.6 Å². The Morgan fingerprint density at radius 2 is 2.15 bits per heavy atom. The molecule has 1 aliphatic carbocycles. The molecule has 0 aromatic heterocycles. The van der Waals surface area contributed by atoms with Crippen LogP contribution in [0.15, 0.2) is 12.7 Å². The molecule has 2 N–H and O–H groups in total. The molecule has 0 aromatic carbocycles. The highest BCUT2D eigenvalue weighted by Crippen LogP contribution is 2.18. The Bertz CT molecular complexity index is 234. The lowest BCUT2D eigenvalue weighted by molar-refractivity contribution is -0.126. The minimum absolute atomic E-state index is 0.127. The zero-order chi connectivity index (χ0) is 9.84. The summed E-state index contributed by atoms with van der Waals surface area (Å²) in [4.78, 5) is 22.1. The Labute approximate surface area is 77.4 Å². The molecule has 2 amide bonds. The molecule has 0 heterocycles. The van der Waals surface area contributed by atoms with E-state index in [1.54, 1.807) is 6.92 Å². The van der Waals surface area contributed by atoms with Gasteiger partial charge in [-0.25, -0.2) is 0 Å². The number of nitrogens with one attached hydrogen (secondary N) is 2. The maximum Gasteiger partial charge on any atom is 0.244 e. The third kappa shape index (κ3) is 3.27. The summed E-state index contributed by atoms with van der Waals surface area (Å²) in [6.45, 7) is 4.95. The summed E-state index contributed by atoms with van der Waals surface area (Å²) in [7, 11) is 0. The number of amides is 2. The van der Waals surface area contributed by atoms with Crippen LogP contribution >= 0.6 is 0 Å². The first kappa shape index (κ1) is 9.77. The summed E-state index contributed by atoms with van der Waals surface area (Å²) in [5.74, 6) is -0.448. The fourth-order valence-corrected chi connectivity index (χ4v) is 0.892. The van der Waals surface area contributed by atoms with Gasteiger partial charge in [0.15, 0.2) is 0 Å². The molecular weight excluding hydrogens is 168 g/mol. The molecule has 1 atom stereocenters. The van der Waals surface area contributed by atoms with Crippen LogP contribution < -0.4 is 10.6 Å². The van der Waals surface area contributed by atoms with Crippen molar-refractivity contribution in [2.75, 3.05) is 0 Å². The van der Waals surface area contributed by atoms with Crippen LogP contribution in [0.4, 0.5) is 0 Å². The molecule has 0 radical (unpaired) electrons. The zero-order valence-electron chi connectivity index (χ0n) is 7.67. The largest absolute Gasteiger partial charge is 0.352 e. The van der Waals surface area contributed by atoms with E-state index in [9.17, 15) is 9.59 Å². The molecule has 0 aliphatic heterocycles. The number of hydrogen-bond acceptors (Lipinski definition) is 2. The third-order valence-electron chi connectivity index (χ3n) is 1.86. The molecule has 72 valence electrons. The van der Waals surface area contributed by atoms with E-state index in [-0.39, 0.29) is 11.8 Å². The molecule has 0 saturated heterocycles. The average Bonchev–Trinajstić information content (AvgIpc) is 2.87. The quantitative estimate of drug-likeness (QED) is 0.599. The average molecular weight is 182 g/mol. The van der Waals surface area contributed by atoms with Crippen LogP contribution in [-0.4, -0.2) is 23.9 Å². The van der Waals surface area contributed by atoms with Crippen molar-refractivity contribution in [3.05, 3.63) is 12.7 Å². The summed E-state index contributed by atoms with van der Waals surface area (Å²) < 4.78 is 0. The third-order valence-corrected chi connectivity index (χ3v) is 1.86. The lowest BCUT2D eigenvalue weighted by Crippen LogP contribution is -2.44. The summed E-state index contributed by atoms with van der Waals surface area (Å²) in [5.41, 5.74) is 0. The number of rotatable bonds is 4. The lowest BCUT2D eigenvalue weighted by Gasteiger charge is -2.11. The normalized spacial score (nSPS) is 17.3. The van der Waals surface area contributed by atoms with Crippen molar-refractivity contribution in [2.24, 2.45) is 0 Å². The monoisotopic (exact) mass is 182 g/mol. The molecule has 1 saturated carbocycles. The van der Waals surface area contributed by atoms with E-state index in [2.05, 4.69) is 17.2 Å². The van der Waals surface area contributed by atoms with Crippen molar-refractivity contribution in [2.45, 2.75) is 31.8 Å². The van der Waals surface area contributed by atoms with Gasteiger partial charge in [-0.05, 0) is 25.8 Å². The van der Waals surface area contributed by atoms with Crippen molar-refractivity contribution in [3.8, 4) is 0 Å². The SMILES string of the molecule is C=CC(=O)NC(C)C(=O)NC1CC1. The van der Waals surface area contributed by atoms with Gasteiger partial charge in [-0.1, -0.05) is 6.58 Å². The summed E-state index contributed by atoms with van der Waals surface area (Å²) in [5, 5.41) is 5.29. The fraction of sp³-hybridized carbons (Fsp3) is 0.556. The van der Waals surface area contributed by atoms with Crippen molar-refractivity contribution in [3.63, 3.8) is 0 Å². The van der Waals surface area contributed by atoms with Gasteiger partial charge in [0.25, 0.3) is 0 Å². The lowest BCUT2D eigenvalue weighted by atomic mass is 10.3. The van der Waals surface area contributed by atoms with Gasteiger partial charge in [0.05, 0.1) is 0 Å². The maximum absolute atomic E-state index is 11.3. The molecule has 1 unspecified atom stereocenters. The maximum atomic E-state index is 11.3. The van der Waals surface area contributed by atoms with Crippen LogP contribution in [0.3, 0.4) is 0 Å². The van der Waals surface area contributed by atoms with E-state index < -0.39 is 6.04 Å². The van der Waals surface area contributed by atoms with Crippen LogP contribution in [0.1, 0.15) is 19.8 Å². The van der Waals surface area contributed by atoms with Gasteiger partial charge < -0.3 is 10.6 Å². The highest BCUT2D eigenvalue weighted by molar-refractivity contribution is 5.92. The molecule has 1 aliphatic rings. The van der Waals surface area contributed by atoms with E-state index in [1.807, 2.05) is 0 Å².